The van der Waals surface area contributed by atoms with E-state index in [-0.39, 0.29) is 18.0 Å². The first-order valence-electron chi connectivity index (χ1n) is 7.90. The first-order valence-corrected chi connectivity index (χ1v) is 7.90. The second kappa shape index (κ2) is 7.63. The highest BCUT2D eigenvalue weighted by Gasteiger charge is 2.18. The quantitative estimate of drug-likeness (QED) is 0.820. The van der Waals surface area contributed by atoms with Crippen LogP contribution in [0.5, 0.6) is 5.75 Å². The van der Waals surface area contributed by atoms with Crippen molar-refractivity contribution in [1.82, 2.24) is 0 Å². The number of hydrogen-bond acceptors (Lipinski definition) is 2. The molecule has 0 aliphatic heterocycles. The van der Waals surface area contributed by atoms with E-state index in [9.17, 15) is 4.39 Å². The van der Waals surface area contributed by atoms with Crippen LogP contribution in [0.4, 0.5) is 4.39 Å². The topological polar surface area (TPSA) is 35.2 Å². The molecule has 1 saturated carbocycles. The highest BCUT2D eigenvalue weighted by molar-refractivity contribution is 5.35. The van der Waals surface area contributed by atoms with Gasteiger partial charge in [-0.2, -0.15) is 0 Å². The average Bonchev–Trinajstić information content (AvgIpc) is 2.71. The fraction of sp³-hybridized carbons (Fsp3) is 0.647. The zero-order valence-corrected chi connectivity index (χ0v) is 12.4. The molecule has 1 fully saturated rings. The van der Waals surface area contributed by atoms with Gasteiger partial charge in [-0.25, -0.2) is 4.39 Å². The minimum atomic E-state index is -0.255. The van der Waals surface area contributed by atoms with E-state index < -0.39 is 0 Å². The molecule has 1 aromatic carbocycles. The molecule has 3 heteroatoms. The third-order valence-corrected chi connectivity index (χ3v) is 4.14. The molecule has 2 nitrogen and oxygen atoms in total. The highest BCUT2D eigenvalue weighted by Crippen LogP contribution is 2.29. The van der Waals surface area contributed by atoms with E-state index in [1.54, 1.807) is 6.07 Å². The van der Waals surface area contributed by atoms with Crippen molar-refractivity contribution in [2.24, 2.45) is 5.73 Å². The molecule has 112 valence electrons. The molecule has 0 radical (unpaired) electrons. The molecule has 1 atom stereocenters. The monoisotopic (exact) mass is 279 g/mol. The Morgan fingerprint density at radius 2 is 1.95 bits per heavy atom. The van der Waals surface area contributed by atoms with Crippen LogP contribution in [-0.2, 0) is 6.42 Å². The van der Waals surface area contributed by atoms with Crippen LogP contribution in [0.15, 0.2) is 18.2 Å². The molecule has 1 aliphatic carbocycles. The zero-order chi connectivity index (χ0) is 14.4. The second-order valence-electron chi connectivity index (χ2n) is 5.83. The van der Waals surface area contributed by atoms with Crippen molar-refractivity contribution in [3.63, 3.8) is 0 Å². The third-order valence-electron chi connectivity index (χ3n) is 4.14. The maximum Gasteiger partial charge on any atom is 0.165 e. The van der Waals surface area contributed by atoms with Crippen molar-refractivity contribution in [3.8, 4) is 5.75 Å². The molecule has 2 N–H and O–H groups in total. The van der Waals surface area contributed by atoms with Gasteiger partial charge in [0.25, 0.3) is 0 Å². The van der Waals surface area contributed by atoms with Gasteiger partial charge < -0.3 is 10.5 Å². The molecule has 2 rings (SSSR count). The molecule has 20 heavy (non-hydrogen) atoms. The lowest BCUT2D eigenvalue weighted by Crippen LogP contribution is -2.23. The second-order valence-corrected chi connectivity index (χ2v) is 5.83. The first kappa shape index (κ1) is 15.3. The number of ether oxygens (including phenoxy) is 1. The minimum absolute atomic E-state index is 0.0632. The van der Waals surface area contributed by atoms with Crippen LogP contribution in [0.3, 0.4) is 0 Å². The van der Waals surface area contributed by atoms with Crippen LogP contribution in [0.1, 0.15) is 57.4 Å². The lowest BCUT2D eigenvalue weighted by molar-refractivity contribution is 0.174. The highest BCUT2D eigenvalue weighted by atomic mass is 19.1. The molecule has 0 bridgehead atoms. The van der Waals surface area contributed by atoms with Gasteiger partial charge in [0.05, 0.1) is 6.10 Å². The van der Waals surface area contributed by atoms with E-state index in [0.717, 1.165) is 24.8 Å². The largest absolute Gasteiger partial charge is 0.487 e. The van der Waals surface area contributed by atoms with Crippen LogP contribution < -0.4 is 10.5 Å². The number of benzene rings is 1. The Hall–Kier alpha value is -1.09. The predicted molar refractivity (Wildman–Crippen MR) is 80.5 cm³/mol. The van der Waals surface area contributed by atoms with Crippen molar-refractivity contribution < 1.29 is 9.13 Å². The summed E-state index contributed by atoms with van der Waals surface area (Å²) in [5.41, 5.74) is 6.91. The standard InChI is InChI=1S/C17H26FNO/c1-2-14(19)12-13-8-7-11-16(18)17(13)20-15-9-5-3-4-6-10-15/h7-8,11,14-15H,2-6,9-10,12,19H2,1H3. The van der Waals surface area contributed by atoms with Crippen molar-refractivity contribution in [2.45, 2.75) is 70.4 Å². The molecule has 0 saturated heterocycles. The number of rotatable bonds is 5. The third kappa shape index (κ3) is 4.20. The molecule has 0 heterocycles. The van der Waals surface area contributed by atoms with Gasteiger partial charge in [-0.3, -0.25) is 0 Å². The molecule has 1 aromatic rings. The molecule has 1 aliphatic rings. The fourth-order valence-electron chi connectivity index (χ4n) is 2.80. The Morgan fingerprint density at radius 1 is 1.25 bits per heavy atom. The Morgan fingerprint density at radius 3 is 2.60 bits per heavy atom. The molecular formula is C17H26FNO. The van der Waals surface area contributed by atoms with Crippen LogP contribution >= 0.6 is 0 Å². The Balaban J connectivity index is 2.11. The number of hydrogen-bond donors (Lipinski definition) is 1. The van der Waals surface area contributed by atoms with E-state index in [1.165, 1.54) is 31.7 Å². The summed E-state index contributed by atoms with van der Waals surface area (Å²) in [6.07, 6.45) is 8.70. The van der Waals surface area contributed by atoms with Gasteiger partial charge in [0.2, 0.25) is 0 Å². The number of nitrogens with two attached hydrogens (primary N) is 1. The molecule has 0 amide bonds. The summed E-state index contributed by atoms with van der Waals surface area (Å²) < 4.78 is 20.1. The average molecular weight is 279 g/mol. The first-order chi connectivity index (χ1) is 9.70. The van der Waals surface area contributed by atoms with Gasteiger partial charge in [-0.15, -0.1) is 0 Å². The summed E-state index contributed by atoms with van der Waals surface area (Å²) in [5.74, 6) is 0.179. The fourth-order valence-corrected chi connectivity index (χ4v) is 2.80. The van der Waals surface area contributed by atoms with Gasteiger partial charge in [-0.1, -0.05) is 31.9 Å². The van der Waals surface area contributed by atoms with E-state index >= 15 is 0 Å². The van der Waals surface area contributed by atoms with Crippen molar-refractivity contribution in [1.29, 1.82) is 0 Å². The van der Waals surface area contributed by atoms with E-state index in [1.807, 2.05) is 6.07 Å². The lowest BCUT2D eigenvalue weighted by atomic mass is 10.0. The van der Waals surface area contributed by atoms with Crippen molar-refractivity contribution >= 4 is 0 Å². The summed E-state index contributed by atoms with van der Waals surface area (Å²) in [7, 11) is 0. The van der Waals surface area contributed by atoms with E-state index in [4.69, 9.17) is 10.5 Å². The Kier molecular flexibility index (Phi) is 5.84. The summed E-state index contributed by atoms with van der Waals surface area (Å²) >= 11 is 0. The number of para-hydroxylation sites is 1. The predicted octanol–water partition coefficient (Wildman–Crippen LogP) is 4.21. The van der Waals surface area contributed by atoms with E-state index in [2.05, 4.69) is 6.92 Å². The maximum absolute atomic E-state index is 14.1. The van der Waals surface area contributed by atoms with Crippen LogP contribution in [0, 0.1) is 5.82 Å². The van der Waals surface area contributed by atoms with Crippen molar-refractivity contribution in [3.05, 3.63) is 29.6 Å². The normalized spacial score (nSPS) is 18.6. The summed E-state index contributed by atoms with van der Waals surface area (Å²) in [6, 6.07) is 5.22. The van der Waals surface area contributed by atoms with Crippen LogP contribution in [-0.4, -0.2) is 12.1 Å². The molecule has 1 unspecified atom stereocenters. The number of halogens is 1. The summed E-state index contributed by atoms with van der Waals surface area (Å²) in [4.78, 5) is 0. The van der Waals surface area contributed by atoms with Gasteiger partial charge in [0.15, 0.2) is 11.6 Å². The Labute approximate surface area is 121 Å². The van der Waals surface area contributed by atoms with Crippen LogP contribution in [0.2, 0.25) is 0 Å². The van der Waals surface area contributed by atoms with E-state index in [0.29, 0.717) is 12.2 Å². The SMILES string of the molecule is CCC(N)Cc1cccc(F)c1OC1CCCCCC1. The van der Waals surface area contributed by atoms with Gasteiger partial charge >= 0.3 is 0 Å². The minimum Gasteiger partial charge on any atom is -0.487 e. The maximum atomic E-state index is 14.1. The zero-order valence-electron chi connectivity index (χ0n) is 12.4. The Bertz CT molecular complexity index is 413. The van der Waals surface area contributed by atoms with Gasteiger partial charge in [-0.05, 0) is 50.2 Å². The summed E-state index contributed by atoms with van der Waals surface area (Å²) in [6.45, 7) is 2.05. The summed E-state index contributed by atoms with van der Waals surface area (Å²) in [5, 5.41) is 0. The molecule has 0 aromatic heterocycles. The van der Waals surface area contributed by atoms with Crippen molar-refractivity contribution in [2.75, 3.05) is 0 Å². The van der Waals surface area contributed by atoms with Crippen LogP contribution in [0.25, 0.3) is 0 Å². The molecule has 0 spiro atoms. The lowest BCUT2D eigenvalue weighted by Gasteiger charge is -2.21. The smallest absolute Gasteiger partial charge is 0.165 e. The van der Waals surface area contributed by atoms with Gasteiger partial charge in [0, 0.05) is 6.04 Å². The molecular weight excluding hydrogens is 253 g/mol. The van der Waals surface area contributed by atoms with Gasteiger partial charge in [0.1, 0.15) is 0 Å².